The van der Waals surface area contributed by atoms with E-state index in [1.165, 1.54) is 18.6 Å². The van der Waals surface area contributed by atoms with Crippen LogP contribution in [-0.2, 0) is 4.79 Å². The number of hydroxylamine groups is 5. The first-order valence-corrected chi connectivity index (χ1v) is 3.60. The van der Waals surface area contributed by atoms with E-state index in [4.69, 9.17) is 5.84 Å². The quantitative estimate of drug-likeness (QED) is 0.253. The van der Waals surface area contributed by atoms with E-state index in [1.54, 1.807) is 0 Å². The van der Waals surface area contributed by atoms with E-state index in [0.29, 0.717) is 5.06 Å². The molecule has 7 heteroatoms. The van der Waals surface area contributed by atoms with Crippen LogP contribution >= 0.6 is 0 Å². The van der Waals surface area contributed by atoms with Crippen LogP contribution in [0.3, 0.4) is 0 Å². The minimum absolute atomic E-state index is 0.127. The van der Waals surface area contributed by atoms with E-state index in [2.05, 4.69) is 0 Å². The number of rotatable bonds is 0. The predicted molar refractivity (Wildman–Crippen MR) is 38.8 cm³/mol. The van der Waals surface area contributed by atoms with Gasteiger partial charge in [0.25, 0.3) is 11.7 Å². The van der Waals surface area contributed by atoms with Crippen molar-refractivity contribution in [3.63, 3.8) is 0 Å². The zero-order valence-electron chi connectivity index (χ0n) is 6.66. The second-order valence-corrected chi connectivity index (χ2v) is 2.92. The molecule has 0 fully saturated rings. The summed E-state index contributed by atoms with van der Waals surface area (Å²) >= 11 is 0. The molecule has 1 atom stereocenters. The second-order valence-electron chi connectivity index (χ2n) is 2.92. The van der Waals surface area contributed by atoms with Crippen molar-refractivity contribution in [2.45, 2.75) is 0 Å². The number of nitrogens with two attached hydrogens (primary N) is 1. The van der Waals surface area contributed by atoms with Crippen molar-refractivity contribution in [1.29, 1.82) is 0 Å². The third-order valence-electron chi connectivity index (χ3n) is 2.00. The topological polar surface area (TPSA) is 90.0 Å². The fraction of sp³-hybridized carbons (Fsp3) is 0.167. The molecule has 1 amide bonds. The van der Waals surface area contributed by atoms with Gasteiger partial charge in [0.2, 0.25) is 6.54 Å². The molecule has 2 rings (SSSR count). The Hall–Kier alpha value is -1.41. The Bertz CT molecular complexity index is 326. The van der Waals surface area contributed by atoms with Crippen molar-refractivity contribution in [3.8, 4) is 0 Å². The molecule has 0 aromatic rings. The van der Waals surface area contributed by atoms with Crippen molar-refractivity contribution < 1.29 is 19.9 Å². The van der Waals surface area contributed by atoms with Crippen molar-refractivity contribution >= 4 is 5.91 Å². The lowest BCUT2D eigenvalue weighted by molar-refractivity contribution is -1.03. The lowest BCUT2D eigenvalue weighted by Gasteiger charge is -2.29. The van der Waals surface area contributed by atoms with E-state index in [1.807, 2.05) is 0 Å². The van der Waals surface area contributed by atoms with Gasteiger partial charge >= 0.3 is 0 Å². The van der Waals surface area contributed by atoms with E-state index < -0.39 is 10.6 Å². The van der Waals surface area contributed by atoms with Gasteiger partial charge in [-0.1, -0.05) is 4.65 Å². The van der Waals surface area contributed by atoms with Gasteiger partial charge in [-0.05, 0) is 0 Å². The highest BCUT2D eigenvalue weighted by Gasteiger charge is 2.45. The number of nitrogens with zero attached hydrogens (tertiary/aromatic N) is 3. The molecule has 13 heavy (non-hydrogen) atoms. The lowest BCUT2D eigenvalue weighted by atomic mass is 10.4. The molecule has 7 nitrogen and oxygen atoms in total. The lowest BCUT2D eigenvalue weighted by Crippen LogP contribution is -2.53. The van der Waals surface area contributed by atoms with E-state index in [0.717, 1.165) is 5.01 Å². The number of hydrazine groups is 1. The maximum Gasteiger partial charge on any atom is 0.300 e. The van der Waals surface area contributed by atoms with Crippen LogP contribution < -0.4 is 5.84 Å². The van der Waals surface area contributed by atoms with Crippen LogP contribution in [0.1, 0.15) is 0 Å². The Morgan fingerprint density at radius 1 is 1.62 bits per heavy atom. The standard InChI is InChI=1S/C6H9N4O3/c7-8-3-5-9(12)1-2-10(5,13)4-6(8)11/h1-3,12-13H,4,7H2/q+1. The third kappa shape index (κ3) is 1.03. The summed E-state index contributed by atoms with van der Waals surface area (Å²) in [5.74, 6) is 4.98. The maximum absolute atomic E-state index is 11.1. The number of amides is 1. The van der Waals surface area contributed by atoms with Crippen LogP contribution in [0.25, 0.3) is 0 Å². The van der Waals surface area contributed by atoms with Gasteiger partial charge in [0.1, 0.15) is 6.20 Å². The predicted octanol–water partition coefficient (Wildman–Crippen LogP) is -1.12. The largest absolute Gasteiger partial charge is 0.300 e. The molecule has 4 N–H and O–H groups in total. The van der Waals surface area contributed by atoms with Crippen LogP contribution in [0.2, 0.25) is 0 Å². The zero-order valence-corrected chi connectivity index (χ0v) is 6.66. The van der Waals surface area contributed by atoms with Crippen molar-refractivity contribution in [2.24, 2.45) is 5.84 Å². The summed E-state index contributed by atoms with van der Waals surface area (Å²) < 4.78 is -0.733. The first kappa shape index (κ1) is 8.20. The maximum atomic E-state index is 11.1. The zero-order chi connectivity index (χ0) is 9.64. The Morgan fingerprint density at radius 2 is 2.31 bits per heavy atom. The summed E-state index contributed by atoms with van der Waals surface area (Å²) in [6.07, 6.45) is 3.71. The normalized spacial score (nSPS) is 32.2. The molecule has 0 spiro atoms. The average molecular weight is 185 g/mol. The molecule has 2 aliphatic rings. The summed E-state index contributed by atoms with van der Waals surface area (Å²) in [7, 11) is 0. The fourth-order valence-corrected chi connectivity index (χ4v) is 1.28. The molecule has 0 saturated heterocycles. The number of carbonyl (C=O) groups excluding carboxylic acids is 1. The number of fused-ring (bicyclic) bond motifs is 1. The van der Waals surface area contributed by atoms with Crippen molar-refractivity contribution in [2.75, 3.05) is 6.54 Å². The minimum atomic E-state index is -0.733. The Kier molecular flexibility index (Phi) is 1.45. The second kappa shape index (κ2) is 2.30. The van der Waals surface area contributed by atoms with Gasteiger partial charge in [0, 0.05) is 0 Å². The van der Waals surface area contributed by atoms with Gasteiger partial charge in [-0.2, -0.15) is 5.06 Å². The van der Waals surface area contributed by atoms with Crippen LogP contribution in [0.4, 0.5) is 0 Å². The molecule has 2 heterocycles. The molecule has 1 unspecified atom stereocenters. The molecule has 0 aromatic carbocycles. The highest BCUT2D eigenvalue weighted by atomic mass is 16.6. The van der Waals surface area contributed by atoms with Gasteiger partial charge in [0.05, 0.1) is 6.20 Å². The van der Waals surface area contributed by atoms with Crippen LogP contribution in [0.15, 0.2) is 24.4 Å². The summed E-state index contributed by atoms with van der Waals surface area (Å²) in [5.41, 5.74) is 0. The Balaban J connectivity index is 2.43. The molecule has 0 aliphatic carbocycles. The number of quaternary nitrogens is 1. The highest BCUT2D eigenvalue weighted by Crippen LogP contribution is 2.27. The monoisotopic (exact) mass is 185 g/mol. The van der Waals surface area contributed by atoms with Gasteiger partial charge in [-0.15, -0.1) is 0 Å². The molecule has 0 aromatic heterocycles. The van der Waals surface area contributed by atoms with Crippen molar-refractivity contribution in [1.82, 2.24) is 10.1 Å². The smallest absolute Gasteiger partial charge is 0.279 e. The van der Waals surface area contributed by atoms with Gasteiger partial charge in [0.15, 0.2) is 6.20 Å². The van der Waals surface area contributed by atoms with Gasteiger partial charge in [-0.3, -0.25) is 10.0 Å². The molecule has 0 bridgehead atoms. The summed E-state index contributed by atoms with van der Waals surface area (Å²) in [6.45, 7) is -0.212. The Labute approximate surface area is 73.6 Å². The van der Waals surface area contributed by atoms with Gasteiger partial charge < -0.3 is 0 Å². The van der Waals surface area contributed by atoms with Crippen LogP contribution in [0.5, 0.6) is 0 Å². The number of carbonyl (C=O) groups is 1. The molecule has 2 aliphatic heterocycles. The van der Waals surface area contributed by atoms with Crippen molar-refractivity contribution in [3.05, 3.63) is 24.4 Å². The highest BCUT2D eigenvalue weighted by molar-refractivity contribution is 5.78. The van der Waals surface area contributed by atoms with Gasteiger partial charge in [-0.25, -0.2) is 16.1 Å². The molecule has 0 radical (unpaired) electrons. The molecular formula is C6H9N4O3+. The van der Waals surface area contributed by atoms with Crippen LogP contribution in [-0.4, -0.2) is 37.6 Å². The summed E-state index contributed by atoms with van der Waals surface area (Å²) in [5, 5.41) is 20.5. The first-order valence-electron chi connectivity index (χ1n) is 3.60. The summed E-state index contributed by atoms with van der Waals surface area (Å²) in [6, 6.07) is 0. The minimum Gasteiger partial charge on any atom is -0.279 e. The molecular weight excluding hydrogens is 176 g/mol. The number of hydrogen-bond donors (Lipinski definition) is 3. The molecule has 70 valence electrons. The summed E-state index contributed by atoms with van der Waals surface area (Å²) in [4.78, 5) is 11.1. The SMILES string of the molecule is NN1C=C2N(O)C=C[N+]2(O)CC1=O. The Morgan fingerprint density at radius 3 is 3.00 bits per heavy atom. The number of hydrogen-bond acceptors (Lipinski definition) is 5. The first-order chi connectivity index (χ1) is 6.03. The van der Waals surface area contributed by atoms with E-state index >= 15 is 0 Å². The van der Waals surface area contributed by atoms with E-state index in [9.17, 15) is 15.2 Å². The molecule has 0 saturated carbocycles. The third-order valence-corrected chi connectivity index (χ3v) is 2.00. The van der Waals surface area contributed by atoms with Crippen LogP contribution in [0, 0.1) is 0 Å². The van der Waals surface area contributed by atoms with E-state index in [-0.39, 0.29) is 12.4 Å². The fourth-order valence-electron chi connectivity index (χ4n) is 1.28. The average Bonchev–Trinajstić information content (AvgIpc) is 2.32.